The summed E-state index contributed by atoms with van der Waals surface area (Å²) in [6.45, 7) is 14.6. The molecule has 0 bridgehead atoms. The number of piperidine rings is 1. The first-order valence-electron chi connectivity index (χ1n) is 11.4. The highest BCUT2D eigenvalue weighted by Crippen LogP contribution is 2.49. The first kappa shape index (κ1) is 25.4. The van der Waals surface area contributed by atoms with Crippen LogP contribution in [0.15, 0.2) is 11.6 Å². The number of carbonyl (C=O) groups excluding carboxylic acids is 3. The lowest BCUT2D eigenvalue weighted by Crippen LogP contribution is -2.59. The fraction of sp³-hybridized carbons (Fsp3) is 0.792. The third-order valence-corrected chi connectivity index (χ3v) is 6.54. The summed E-state index contributed by atoms with van der Waals surface area (Å²) in [5.41, 5.74) is 0.0200. The number of rotatable bonds is 8. The predicted molar refractivity (Wildman–Crippen MR) is 121 cm³/mol. The normalized spacial score (nSPS) is 25.6. The monoisotopic (exact) mass is 435 g/mol. The highest BCUT2D eigenvalue weighted by Gasteiger charge is 2.54. The van der Waals surface area contributed by atoms with Crippen LogP contribution in [0.4, 0.5) is 0 Å². The standard InChI is InChI=1S/C24H41N3O4/c1-10-31-23(30)15(4)11-18(14(2)3)27(9)22(29)20(24(5,6)7)25-21(28)19-17-12-16(17)13-26(19)8/h11,14,16-20H,10,12-13H2,1-9H3,(H,25,28)/t16-,17-,18+,19?,20+/m0/s1. The van der Waals surface area contributed by atoms with E-state index in [1.54, 1.807) is 31.9 Å². The molecule has 0 radical (unpaired) electrons. The fourth-order valence-electron chi connectivity index (χ4n) is 4.62. The number of nitrogens with zero attached hydrogens (tertiary/aromatic N) is 2. The minimum Gasteiger partial charge on any atom is -0.463 e. The third-order valence-electron chi connectivity index (χ3n) is 6.54. The number of amides is 2. The van der Waals surface area contributed by atoms with Crippen molar-refractivity contribution in [1.82, 2.24) is 15.1 Å². The number of hydrogen-bond acceptors (Lipinski definition) is 5. The largest absolute Gasteiger partial charge is 0.463 e. The van der Waals surface area contributed by atoms with Crippen molar-refractivity contribution < 1.29 is 19.1 Å². The SMILES string of the molecule is CCOC(=O)C(C)=C[C@H](C(C)C)N(C)C(=O)[C@@H](NC(=O)C1[C@H]2C[C@H]2CN1C)C(C)(C)C. The van der Waals surface area contributed by atoms with E-state index in [-0.39, 0.29) is 35.8 Å². The first-order valence-corrected chi connectivity index (χ1v) is 11.4. The van der Waals surface area contributed by atoms with Gasteiger partial charge in [-0.05, 0) is 50.5 Å². The molecule has 0 aromatic rings. The van der Waals surface area contributed by atoms with Gasteiger partial charge in [0.1, 0.15) is 6.04 Å². The average Bonchev–Trinajstić information content (AvgIpc) is 3.32. The summed E-state index contributed by atoms with van der Waals surface area (Å²) >= 11 is 0. The topological polar surface area (TPSA) is 79.0 Å². The maximum absolute atomic E-state index is 13.6. The number of fused-ring (bicyclic) bond motifs is 1. The number of carbonyl (C=O) groups is 3. The summed E-state index contributed by atoms with van der Waals surface area (Å²) < 4.78 is 5.09. The third kappa shape index (κ3) is 5.88. The number of ether oxygens (including phenoxy) is 1. The number of likely N-dealkylation sites (N-methyl/N-ethyl adjacent to an activating group) is 2. The molecule has 5 atom stereocenters. The van der Waals surface area contributed by atoms with Crippen LogP contribution in [0, 0.1) is 23.2 Å². The van der Waals surface area contributed by atoms with Gasteiger partial charge < -0.3 is 15.0 Å². The second-order valence-electron chi connectivity index (χ2n) is 10.6. The highest BCUT2D eigenvalue weighted by molar-refractivity contribution is 5.91. The van der Waals surface area contributed by atoms with Crippen LogP contribution in [-0.2, 0) is 19.1 Å². The molecule has 7 heteroatoms. The summed E-state index contributed by atoms with van der Waals surface area (Å²) in [5, 5.41) is 3.07. The minimum atomic E-state index is -0.659. The van der Waals surface area contributed by atoms with Crippen LogP contribution < -0.4 is 5.32 Å². The molecule has 2 fully saturated rings. The van der Waals surface area contributed by atoms with E-state index in [0.29, 0.717) is 24.0 Å². The summed E-state index contributed by atoms with van der Waals surface area (Å²) in [6.07, 6.45) is 2.89. The molecule has 2 amide bonds. The van der Waals surface area contributed by atoms with E-state index in [0.717, 1.165) is 13.0 Å². The first-order chi connectivity index (χ1) is 14.3. The molecule has 1 unspecified atom stereocenters. The Balaban J connectivity index is 2.21. The zero-order chi connectivity index (χ0) is 23.7. The zero-order valence-corrected chi connectivity index (χ0v) is 20.7. The quantitative estimate of drug-likeness (QED) is 0.468. The Bertz CT molecular complexity index is 723. The summed E-state index contributed by atoms with van der Waals surface area (Å²) in [6, 6.07) is -1.10. The van der Waals surface area contributed by atoms with Gasteiger partial charge in [-0.25, -0.2) is 4.79 Å². The Hall–Kier alpha value is -1.89. The molecule has 1 N–H and O–H groups in total. The van der Waals surface area contributed by atoms with Gasteiger partial charge in [0.05, 0.1) is 18.7 Å². The van der Waals surface area contributed by atoms with Crippen LogP contribution in [0.25, 0.3) is 0 Å². The van der Waals surface area contributed by atoms with Gasteiger partial charge in [0, 0.05) is 19.2 Å². The lowest BCUT2D eigenvalue weighted by Gasteiger charge is -2.38. The van der Waals surface area contributed by atoms with Crippen LogP contribution in [0.3, 0.4) is 0 Å². The van der Waals surface area contributed by atoms with Crippen molar-refractivity contribution in [3.63, 3.8) is 0 Å². The Labute approximate surface area is 187 Å². The van der Waals surface area contributed by atoms with Crippen molar-refractivity contribution in [3.05, 3.63) is 11.6 Å². The highest BCUT2D eigenvalue weighted by atomic mass is 16.5. The summed E-state index contributed by atoms with van der Waals surface area (Å²) in [4.78, 5) is 42.6. The molecule has 1 saturated carbocycles. The van der Waals surface area contributed by atoms with Crippen LogP contribution in [0.1, 0.15) is 54.9 Å². The maximum Gasteiger partial charge on any atom is 0.333 e. The smallest absolute Gasteiger partial charge is 0.333 e. The van der Waals surface area contributed by atoms with Crippen molar-refractivity contribution >= 4 is 17.8 Å². The number of hydrogen-bond donors (Lipinski definition) is 1. The number of nitrogens with one attached hydrogen (secondary N) is 1. The Kier molecular flexibility index (Phi) is 7.95. The molecule has 1 aliphatic heterocycles. The van der Waals surface area contributed by atoms with Crippen LogP contribution in [0.5, 0.6) is 0 Å². The van der Waals surface area contributed by atoms with E-state index >= 15 is 0 Å². The van der Waals surface area contributed by atoms with Gasteiger partial charge in [-0.1, -0.05) is 40.7 Å². The minimum absolute atomic E-state index is 0.0616. The molecular weight excluding hydrogens is 394 g/mol. The van der Waals surface area contributed by atoms with Crippen LogP contribution in [-0.4, -0.2) is 73.0 Å². The van der Waals surface area contributed by atoms with Crippen molar-refractivity contribution in [2.45, 2.75) is 73.0 Å². The van der Waals surface area contributed by atoms with Gasteiger partial charge >= 0.3 is 5.97 Å². The fourth-order valence-corrected chi connectivity index (χ4v) is 4.62. The molecule has 0 aromatic heterocycles. The lowest BCUT2D eigenvalue weighted by atomic mass is 9.84. The van der Waals surface area contributed by atoms with E-state index in [1.165, 1.54) is 0 Å². The summed E-state index contributed by atoms with van der Waals surface area (Å²) in [5.74, 6) is 0.528. The Morgan fingerprint density at radius 1 is 1.26 bits per heavy atom. The zero-order valence-electron chi connectivity index (χ0n) is 20.7. The summed E-state index contributed by atoms with van der Waals surface area (Å²) in [7, 11) is 3.72. The van der Waals surface area contributed by atoms with E-state index in [2.05, 4.69) is 10.2 Å². The van der Waals surface area contributed by atoms with Crippen LogP contribution >= 0.6 is 0 Å². The second-order valence-corrected chi connectivity index (χ2v) is 10.6. The average molecular weight is 436 g/mol. The van der Waals surface area contributed by atoms with Crippen LogP contribution in [0.2, 0.25) is 0 Å². The molecular formula is C24H41N3O4. The number of esters is 1. The van der Waals surface area contributed by atoms with Gasteiger partial charge in [-0.15, -0.1) is 0 Å². The molecule has 2 aliphatic rings. The maximum atomic E-state index is 13.6. The van der Waals surface area contributed by atoms with E-state index in [9.17, 15) is 14.4 Å². The Morgan fingerprint density at radius 2 is 1.87 bits per heavy atom. The molecule has 1 aliphatic carbocycles. The molecule has 31 heavy (non-hydrogen) atoms. The molecule has 7 nitrogen and oxygen atoms in total. The van der Waals surface area contributed by atoms with E-state index < -0.39 is 11.5 Å². The molecule has 0 spiro atoms. The van der Waals surface area contributed by atoms with Gasteiger partial charge in [0.25, 0.3) is 0 Å². The van der Waals surface area contributed by atoms with E-state index in [4.69, 9.17) is 4.74 Å². The van der Waals surface area contributed by atoms with Gasteiger partial charge in [0.2, 0.25) is 11.8 Å². The predicted octanol–water partition coefficient (Wildman–Crippen LogP) is 2.46. The Morgan fingerprint density at radius 3 is 2.32 bits per heavy atom. The van der Waals surface area contributed by atoms with Crippen molar-refractivity contribution in [3.8, 4) is 0 Å². The van der Waals surface area contributed by atoms with Crippen molar-refractivity contribution in [2.24, 2.45) is 23.2 Å². The van der Waals surface area contributed by atoms with E-state index in [1.807, 2.05) is 41.7 Å². The molecule has 1 saturated heterocycles. The van der Waals surface area contributed by atoms with Gasteiger partial charge in [-0.2, -0.15) is 0 Å². The van der Waals surface area contributed by atoms with Gasteiger partial charge in [-0.3, -0.25) is 14.5 Å². The van der Waals surface area contributed by atoms with Crippen molar-refractivity contribution in [2.75, 3.05) is 27.2 Å². The van der Waals surface area contributed by atoms with Crippen molar-refractivity contribution in [1.29, 1.82) is 0 Å². The molecule has 1 heterocycles. The lowest BCUT2D eigenvalue weighted by molar-refractivity contribution is -0.141. The molecule has 2 rings (SSSR count). The van der Waals surface area contributed by atoms with Gasteiger partial charge in [0.15, 0.2) is 0 Å². The molecule has 0 aromatic carbocycles. The number of likely N-dealkylation sites (tertiary alicyclic amines) is 1. The second kappa shape index (κ2) is 9.72. The molecule has 176 valence electrons.